The molecule has 1 aromatic rings. The second-order valence-electron chi connectivity index (χ2n) is 2.48. The molecule has 1 rings (SSSR count). The molecule has 0 heterocycles. The van der Waals surface area contributed by atoms with Crippen LogP contribution in [0.25, 0.3) is 5.57 Å². The molecule has 58 valence electrons. The van der Waals surface area contributed by atoms with Gasteiger partial charge < -0.3 is 5.11 Å². The molecule has 1 N–H and O–H groups in total. The van der Waals surface area contributed by atoms with Crippen LogP contribution >= 0.6 is 0 Å². The Hall–Kier alpha value is -1.31. The lowest BCUT2D eigenvalue weighted by atomic mass is 10.1. The maximum absolute atomic E-state index is 12.6. The van der Waals surface area contributed by atoms with Crippen LogP contribution in [0, 0.1) is 5.82 Å². The lowest BCUT2D eigenvalue weighted by Crippen LogP contribution is -1.80. The Balaban J connectivity index is 3.19. The topological polar surface area (TPSA) is 20.2 Å². The number of hydrogen-bond acceptors (Lipinski definition) is 1. The van der Waals surface area contributed by atoms with Gasteiger partial charge in [0, 0.05) is 6.07 Å². The van der Waals surface area contributed by atoms with E-state index in [-0.39, 0.29) is 5.75 Å². The summed E-state index contributed by atoms with van der Waals surface area (Å²) in [5.41, 5.74) is 1.36. The SMILES string of the molecule is C=C(C)c1cc(O)cc(F)c1. The van der Waals surface area contributed by atoms with Crippen LogP contribution in [0.15, 0.2) is 24.8 Å². The van der Waals surface area contributed by atoms with E-state index >= 15 is 0 Å². The van der Waals surface area contributed by atoms with Gasteiger partial charge in [0.1, 0.15) is 11.6 Å². The minimum atomic E-state index is -0.442. The van der Waals surface area contributed by atoms with Gasteiger partial charge in [-0.2, -0.15) is 0 Å². The van der Waals surface area contributed by atoms with Crippen molar-refractivity contribution >= 4 is 5.57 Å². The Labute approximate surface area is 64.8 Å². The molecule has 0 aliphatic carbocycles. The quantitative estimate of drug-likeness (QED) is 0.655. The molecule has 1 aromatic carbocycles. The Morgan fingerprint density at radius 1 is 1.45 bits per heavy atom. The van der Waals surface area contributed by atoms with Gasteiger partial charge in [0.15, 0.2) is 0 Å². The van der Waals surface area contributed by atoms with Crippen LogP contribution in [0.3, 0.4) is 0 Å². The first-order valence-electron chi connectivity index (χ1n) is 3.25. The number of phenolic OH excluding ortho intramolecular Hbond substituents is 1. The zero-order valence-electron chi connectivity index (χ0n) is 6.26. The van der Waals surface area contributed by atoms with Gasteiger partial charge >= 0.3 is 0 Å². The molecule has 0 bridgehead atoms. The normalized spacial score (nSPS) is 9.64. The summed E-state index contributed by atoms with van der Waals surface area (Å²) in [5, 5.41) is 8.96. The van der Waals surface area contributed by atoms with Crippen molar-refractivity contribution in [2.24, 2.45) is 0 Å². The first-order valence-corrected chi connectivity index (χ1v) is 3.25. The average Bonchev–Trinajstić information content (AvgIpc) is 1.85. The second kappa shape index (κ2) is 2.74. The van der Waals surface area contributed by atoms with Gasteiger partial charge in [-0.3, -0.25) is 0 Å². The fourth-order valence-electron chi connectivity index (χ4n) is 0.821. The molecule has 0 aliphatic heterocycles. The van der Waals surface area contributed by atoms with Gasteiger partial charge in [0.05, 0.1) is 0 Å². The summed E-state index contributed by atoms with van der Waals surface area (Å²) in [6.07, 6.45) is 0. The van der Waals surface area contributed by atoms with Crippen LogP contribution in [0.5, 0.6) is 5.75 Å². The molecule has 0 aromatic heterocycles. The van der Waals surface area contributed by atoms with Crippen molar-refractivity contribution < 1.29 is 9.50 Å². The van der Waals surface area contributed by atoms with Crippen LogP contribution in [-0.4, -0.2) is 5.11 Å². The van der Waals surface area contributed by atoms with Crippen molar-refractivity contribution in [3.8, 4) is 5.75 Å². The molecular formula is C9H9FO. The van der Waals surface area contributed by atoms with Crippen molar-refractivity contribution in [2.75, 3.05) is 0 Å². The first kappa shape index (κ1) is 7.79. The van der Waals surface area contributed by atoms with Crippen molar-refractivity contribution in [2.45, 2.75) is 6.92 Å². The molecule has 0 atom stereocenters. The number of allylic oxidation sites excluding steroid dienone is 1. The molecule has 2 heteroatoms. The van der Waals surface area contributed by atoms with Gasteiger partial charge in [-0.25, -0.2) is 4.39 Å². The summed E-state index contributed by atoms with van der Waals surface area (Å²) in [6, 6.07) is 3.87. The number of halogens is 1. The highest BCUT2D eigenvalue weighted by atomic mass is 19.1. The van der Waals surface area contributed by atoms with Crippen LogP contribution in [0.4, 0.5) is 4.39 Å². The predicted molar refractivity (Wildman–Crippen MR) is 42.8 cm³/mol. The molecule has 0 radical (unpaired) electrons. The summed E-state index contributed by atoms with van der Waals surface area (Å²) in [7, 11) is 0. The third kappa shape index (κ3) is 1.80. The minimum Gasteiger partial charge on any atom is -0.508 e. The van der Waals surface area contributed by atoms with Gasteiger partial charge in [-0.05, 0) is 24.6 Å². The van der Waals surface area contributed by atoms with Gasteiger partial charge in [-0.15, -0.1) is 0 Å². The van der Waals surface area contributed by atoms with E-state index < -0.39 is 5.82 Å². The van der Waals surface area contributed by atoms with E-state index in [9.17, 15) is 4.39 Å². The lowest BCUT2D eigenvalue weighted by Gasteiger charge is -1.99. The van der Waals surface area contributed by atoms with Crippen molar-refractivity contribution in [1.82, 2.24) is 0 Å². The van der Waals surface area contributed by atoms with Crippen molar-refractivity contribution in [3.63, 3.8) is 0 Å². The molecular weight excluding hydrogens is 143 g/mol. The van der Waals surface area contributed by atoms with Crippen LogP contribution < -0.4 is 0 Å². The second-order valence-corrected chi connectivity index (χ2v) is 2.48. The van der Waals surface area contributed by atoms with Gasteiger partial charge in [0.25, 0.3) is 0 Å². The molecule has 11 heavy (non-hydrogen) atoms. The Bertz CT molecular complexity index is 271. The zero-order chi connectivity index (χ0) is 8.43. The maximum Gasteiger partial charge on any atom is 0.127 e. The highest BCUT2D eigenvalue weighted by Gasteiger charge is 1.98. The first-order chi connectivity index (χ1) is 5.09. The summed E-state index contributed by atoms with van der Waals surface area (Å²) in [5.74, 6) is -0.508. The Morgan fingerprint density at radius 3 is 2.55 bits per heavy atom. The van der Waals surface area contributed by atoms with Crippen LogP contribution in [-0.2, 0) is 0 Å². The van der Waals surface area contributed by atoms with Crippen LogP contribution in [0.2, 0.25) is 0 Å². The van der Waals surface area contributed by atoms with E-state index in [1.165, 1.54) is 12.1 Å². The van der Waals surface area contributed by atoms with E-state index in [4.69, 9.17) is 5.11 Å². The third-order valence-corrected chi connectivity index (χ3v) is 1.38. The molecule has 1 nitrogen and oxygen atoms in total. The smallest absolute Gasteiger partial charge is 0.127 e. The molecule has 0 unspecified atom stereocenters. The number of phenols is 1. The summed E-state index contributed by atoms with van der Waals surface area (Å²) in [4.78, 5) is 0. The van der Waals surface area contributed by atoms with Gasteiger partial charge in [-0.1, -0.05) is 12.2 Å². The average molecular weight is 152 g/mol. The van der Waals surface area contributed by atoms with Gasteiger partial charge in [0.2, 0.25) is 0 Å². The largest absolute Gasteiger partial charge is 0.508 e. The number of aromatic hydroxyl groups is 1. The standard InChI is InChI=1S/C9H9FO/c1-6(2)7-3-8(10)5-9(11)4-7/h3-5,11H,1H2,2H3. The molecule has 0 spiro atoms. The third-order valence-electron chi connectivity index (χ3n) is 1.38. The van der Waals surface area contributed by atoms with Crippen molar-refractivity contribution in [1.29, 1.82) is 0 Å². The minimum absolute atomic E-state index is 0.0667. The summed E-state index contributed by atoms with van der Waals surface area (Å²) < 4.78 is 12.6. The van der Waals surface area contributed by atoms with E-state index in [0.29, 0.717) is 5.56 Å². The lowest BCUT2D eigenvalue weighted by molar-refractivity contribution is 0.469. The van der Waals surface area contributed by atoms with E-state index in [0.717, 1.165) is 11.6 Å². The summed E-state index contributed by atoms with van der Waals surface area (Å²) >= 11 is 0. The molecule has 0 saturated heterocycles. The molecule has 0 amide bonds. The number of rotatable bonds is 1. The van der Waals surface area contributed by atoms with E-state index in [1.54, 1.807) is 6.92 Å². The van der Waals surface area contributed by atoms with E-state index in [1.807, 2.05) is 0 Å². The predicted octanol–water partition coefficient (Wildman–Crippen LogP) is 2.56. The Kier molecular flexibility index (Phi) is 1.94. The fourth-order valence-corrected chi connectivity index (χ4v) is 0.821. The zero-order valence-corrected chi connectivity index (χ0v) is 6.26. The molecule has 0 saturated carbocycles. The van der Waals surface area contributed by atoms with Crippen LogP contribution in [0.1, 0.15) is 12.5 Å². The van der Waals surface area contributed by atoms with E-state index in [2.05, 4.69) is 6.58 Å². The highest BCUT2D eigenvalue weighted by molar-refractivity contribution is 5.62. The number of benzene rings is 1. The molecule has 0 aliphatic rings. The summed E-state index contributed by atoms with van der Waals surface area (Å²) in [6.45, 7) is 5.39. The van der Waals surface area contributed by atoms with Crippen molar-refractivity contribution in [3.05, 3.63) is 36.2 Å². The molecule has 0 fully saturated rings. The highest BCUT2D eigenvalue weighted by Crippen LogP contribution is 2.19. The monoisotopic (exact) mass is 152 g/mol. The fraction of sp³-hybridized carbons (Fsp3) is 0.111. The number of hydrogen-bond donors (Lipinski definition) is 1. The Morgan fingerprint density at radius 2 is 2.09 bits per heavy atom. The maximum atomic E-state index is 12.6.